The zero-order valence-electron chi connectivity index (χ0n) is 11.1. The van der Waals surface area contributed by atoms with Crippen molar-refractivity contribution in [2.75, 3.05) is 12.3 Å². The fourth-order valence-corrected chi connectivity index (χ4v) is 2.63. The van der Waals surface area contributed by atoms with Gasteiger partial charge in [0.1, 0.15) is 5.76 Å². The number of nitrogens with one attached hydrogen (secondary N) is 1. The molecule has 0 radical (unpaired) electrons. The van der Waals surface area contributed by atoms with Crippen LogP contribution in [0.4, 0.5) is 0 Å². The predicted molar refractivity (Wildman–Crippen MR) is 76.5 cm³/mol. The Morgan fingerprint density at radius 1 is 1.41 bits per heavy atom. The van der Waals surface area contributed by atoms with Crippen molar-refractivity contribution in [3.63, 3.8) is 0 Å². The number of rotatable bonds is 10. The van der Waals surface area contributed by atoms with E-state index in [1.807, 2.05) is 23.9 Å². The first-order valence-corrected chi connectivity index (χ1v) is 7.82. The van der Waals surface area contributed by atoms with Gasteiger partial charge in [0.15, 0.2) is 0 Å². The molecule has 1 aromatic rings. The SMILES string of the molecule is CCCNC(C)CCCCSCc1ccco1. The van der Waals surface area contributed by atoms with Crippen LogP contribution in [0.5, 0.6) is 0 Å². The third kappa shape index (κ3) is 7.50. The van der Waals surface area contributed by atoms with Crippen LogP contribution < -0.4 is 5.32 Å². The summed E-state index contributed by atoms with van der Waals surface area (Å²) >= 11 is 1.97. The molecule has 17 heavy (non-hydrogen) atoms. The fraction of sp³-hybridized carbons (Fsp3) is 0.714. The van der Waals surface area contributed by atoms with E-state index in [1.54, 1.807) is 6.26 Å². The van der Waals surface area contributed by atoms with E-state index in [9.17, 15) is 0 Å². The van der Waals surface area contributed by atoms with E-state index in [0.717, 1.165) is 18.1 Å². The molecule has 0 aliphatic carbocycles. The molecule has 98 valence electrons. The molecule has 1 unspecified atom stereocenters. The number of unbranched alkanes of at least 4 members (excludes halogenated alkanes) is 1. The quantitative estimate of drug-likeness (QED) is 0.638. The van der Waals surface area contributed by atoms with E-state index in [0.29, 0.717) is 6.04 Å². The molecule has 1 heterocycles. The highest BCUT2D eigenvalue weighted by atomic mass is 32.2. The van der Waals surface area contributed by atoms with Crippen LogP contribution in [0, 0.1) is 0 Å². The van der Waals surface area contributed by atoms with Gasteiger partial charge in [-0.3, -0.25) is 0 Å². The molecule has 2 nitrogen and oxygen atoms in total. The van der Waals surface area contributed by atoms with Gasteiger partial charge in [0.05, 0.1) is 12.0 Å². The van der Waals surface area contributed by atoms with E-state index >= 15 is 0 Å². The number of furan rings is 1. The number of hydrogen-bond acceptors (Lipinski definition) is 3. The molecule has 1 aromatic heterocycles. The summed E-state index contributed by atoms with van der Waals surface area (Å²) in [6.07, 6.45) is 6.90. The first-order chi connectivity index (χ1) is 8.33. The van der Waals surface area contributed by atoms with Gasteiger partial charge in [-0.05, 0) is 50.6 Å². The highest BCUT2D eigenvalue weighted by Crippen LogP contribution is 2.14. The molecule has 1 atom stereocenters. The Morgan fingerprint density at radius 3 is 3.00 bits per heavy atom. The van der Waals surface area contributed by atoms with Gasteiger partial charge in [0, 0.05) is 6.04 Å². The van der Waals surface area contributed by atoms with E-state index in [1.165, 1.54) is 31.4 Å². The summed E-state index contributed by atoms with van der Waals surface area (Å²) in [4.78, 5) is 0. The Bertz CT molecular complexity index is 261. The predicted octanol–water partition coefficient (Wildman–Crippen LogP) is 4.07. The zero-order chi connectivity index (χ0) is 12.3. The lowest BCUT2D eigenvalue weighted by Gasteiger charge is -2.12. The molecule has 1 rings (SSSR count). The molecule has 0 amide bonds. The van der Waals surface area contributed by atoms with Gasteiger partial charge in [-0.25, -0.2) is 0 Å². The van der Waals surface area contributed by atoms with Gasteiger partial charge in [-0.2, -0.15) is 11.8 Å². The molecule has 0 aromatic carbocycles. The molecule has 0 fully saturated rings. The molecule has 1 N–H and O–H groups in total. The lowest BCUT2D eigenvalue weighted by atomic mass is 10.1. The van der Waals surface area contributed by atoms with Crippen molar-refractivity contribution in [3.8, 4) is 0 Å². The molecule has 0 saturated carbocycles. The van der Waals surface area contributed by atoms with Crippen LogP contribution in [0.2, 0.25) is 0 Å². The first-order valence-electron chi connectivity index (χ1n) is 6.66. The molecular weight excluding hydrogens is 230 g/mol. The summed E-state index contributed by atoms with van der Waals surface area (Å²) in [6, 6.07) is 4.67. The van der Waals surface area contributed by atoms with Gasteiger partial charge >= 0.3 is 0 Å². The second-order valence-corrected chi connectivity index (χ2v) is 5.59. The smallest absolute Gasteiger partial charge is 0.113 e. The fourth-order valence-electron chi connectivity index (χ4n) is 1.71. The van der Waals surface area contributed by atoms with E-state index in [-0.39, 0.29) is 0 Å². The van der Waals surface area contributed by atoms with Crippen molar-refractivity contribution >= 4 is 11.8 Å². The highest BCUT2D eigenvalue weighted by molar-refractivity contribution is 7.98. The standard InChI is InChI=1S/C14H25NOS/c1-3-9-15-13(2)7-4-5-11-17-12-14-8-6-10-16-14/h6,8,10,13,15H,3-5,7,9,11-12H2,1-2H3. The van der Waals surface area contributed by atoms with Gasteiger partial charge in [-0.1, -0.05) is 13.3 Å². The Labute approximate surface area is 110 Å². The zero-order valence-corrected chi connectivity index (χ0v) is 11.9. The van der Waals surface area contributed by atoms with E-state index in [4.69, 9.17) is 4.42 Å². The summed E-state index contributed by atoms with van der Waals surface area (Å²) in [6.45, 7) is 5.64. The summed E-state index contributed by atoms with van der Waals surface area (Å²) in [7, 11) is 0. The monoisotopic (exact) mass is 255 g/mol. The normalized spacial score (nSPS) is 12.8. The third-order valence-electron chi connectivity index (χ3n) is 2.74. The maximum absolute atomic E-state index is 5.29. The molecule has 3 heteroatoms. The summed E-state index contributed by atoms with van der Waals surface area (Å²) in [5.41, 5.74) is 0. The number of hydrogen-bond donors (Lipinski definition) is 1. The third-order valence-corrected chi connectivity index (χ3v) is 3.81. The Balaban J connectivity index is 1.87. The summed E-state index contributed by atoms with van der Waals surface area (Å²) in [5, 5.41) is 3.52. The average molecular weight is 255 g/mol. The largest absolute Gasteiger partial charge is 0.468 e. The van der Waals surface area contributed by atoms with Crippen LogP contribution in [0.1, 0.15) is 45.3 Å². The summed E-state index contributed by atoms with van der Waals surface area (Å²) < 4.78 is 5.29. The maximum Gasteiger partial charge on any atom is 0.113 e. The molecule has 0 aliphatic rings. The Kier molecular flexibility index (Phi) is 8.28. The molecule has 0 saturated heterocycles. The van der Waals surface area contributed by atoms with Crippen molar-refractivity contribution in [1.82, 2.24) is 5.32 Å². The van der Waals surface area contributed by atoms with Crippen molar-refractivity contribution in [3.05, 3.63) is 24.2 Å². The van der Waals surface area contributed by atoms with Crippen LogP contribution in [0.25, 0.3) is 0 Å². The van der Waals surface area contributed by atoms with Crippen LogP contribution in [0.15, 0.2) is 22.8 Å². The van der Waals surface area contributed by atoms with E-state index < -0.39 is 0 Å². The van der Waals surface area contributed by atoms with Crippen molar-refractivity contribution in [2.24, 2.45) is 0 Å². The van der Waals surface area contributed by atoms with Gasteiger partial charge in [0.25, 0.3) is 0 Å². The van der Waals surface area contributed by atoms with Crippen LogP contribution in [-0.2, 0) is 5.75 Å². The summed E-state index contributed by atoms with van der Waals surface area (Å²) in [5.74, 6) is 3.34. The average Bonchev–Trinajstić information content (AvgIpc) is 2.84. The van der Waals surface area contributed by atoms with Crippen LogP contribution in [0.3, 0.4) is 0 Å². The van der Waals surface area contributed by atoms with Crippen LogP contribution >= 0.6 is 11.8 Å². The Hall–Kier alpha value is -0.410. The maximum atomic E-state index is 5.29. The van der Waals surface area contributed by atoms with E-state index in [2.05, 4.69) is 19.2 Å². The Morgan fingerprint density at radius 2 is 2.29 bits per heavy atom. The minimum Gasteiger partial charge on any atom is -0.468 e. The van der Waals surface area contributed by atoms with Gasteiger partial charge in [-0.15, -0.1) is 0 Å². The minimum atomic E-state index is 0.671. The highest BCUT2D eigenvalue weighted by Gasteiger charge is 2.00. The number of thioether (sulfide) groups is 1. The van der Waals surface area contributed by atoms with Crippen molar-refractivity contribution in [1.29, 1.82) is 0 Å². The molecule has 0 spiro atoms. The molecule has 0 bridgehead atoms. The minimum absolute atomic E-state index is 0.671. The molecular formula is C14H25NOS. The van der Waals surface area contributed by atoms with Gasteiger partial charge in [0.2, 0.25) is 0 Å². The van der Waals surface area contributed by atoms with Gasteiger partial charge < -0.3 is 9.73 Å². The second kappa shape index (κ2) is 9.60. The van der Waals surface area contributed by atoms with Crippen molar-refractivity contribution < 1.29 is 4.42 Å². The lowest BCUT2D eigenvalue weighted by molar-refractivity contribution is 0.496. The van der Waals surface area contributed by atoms with Crippen LogP contribution in [-0.4, -0.2) is 18.3 Å². The topological polar surface area (TPSA) is 25.2 Å². The lowest BCUT2D eigenvalue weighted by Crippen LogP contribution is -2.26. The van der Waals surface area contributed by atoms with Crippen molar-refractivity contribution in [2.45, 2.75) is 51.3 Å². The second-order valence-electron chi connectivity index (χ2n) is 4.48. The first kappa shape index (κ1) is 14.7. The molecule has 0 aliphatic heterocycles.